The zero-order valence-electron chi connectivity index (χ0n) is 12.4. The number of likely N-dealkylation sites (N-methyl/N-ethyl adjacent to an activating group) is 1. The standard InChI is InChI=1S/C15H22N2O4/c1-17(14(15(16)20)4-3-7-21-2)9-12-8-13(19)6-5-11(12)10-18/h5-6,8,10,14,19H,3-4,7,9H2,1-2H3,(H2,16,20). The quantitative estimate of drug-likeness (QED) is 0.522. The molecule has 0 fully saturated rings. The van der Waals surface area contributed by atoms with Crippen molar-refractivity contribution in [1.29, 1.82) is 0 Å². The van der Waals surface area contributed by atoms with Gasteiger partial charge in [-0.2, -0.15) is 0 Å². The van der Waals surface area contributed by atoms with Crippen molar-refractivity contribution in [3.05, 3.63) is 29.3 Å². The molecular weight excluding hydrogens is 272 g/mol. The Morgan fingerprint density at radius 2 is 2.24 bits per heavy atom. The minimum absolute atomic E-state index is 0.0824. The number of phenols is 1. The Morgan fingerprint density at radius 1 is 1.52 bits per heavy atom. The first-order valence-electron chi connectivity index (χ1n) is 6.75. The molecule has 1 amide bonds. The molecule has 3 N–H and O–H groups in total. The van der Waals surface area contributed by atoms with Crippen LogP contribution in [0.25, 0.3) is 0 Å². The summed E-state index contributed by atoms with van der Waals surface area (Å²) in [7, 11) is 3.37. The lowest BCUT2D eigenvalue weighted by molar-refractivity contribution is -0.123. The monoisotopic (exact) mass is 294 g/mol. The van der Waals surface area contributed by atoms with Crippen LogP contribution in [0.1, 0.15) is 28.8 Å². The average Bonchev–Trinajstić information content (AvgIpc) is 2.43. The summed E-state index contributed by atoms with van der Waals surface area (Å²) in [6.45, 7) is 0.909. The molecule has 0 radical (unpaired) electrons. The topological polar surface area (TPSA) is 92.9 Å². The predicted octanol–water partition coefficient (Wildman–Crippen LogP) is 0.917. The van der Waals surface area contributed by atoms with Gasteiger partial charge in [0.1, 0.15) is 12.0 Å². The number of hydrogen-bond donors (Lipinski definition) is 2. The first-order valence-corrected chi connectivity index (χ1v) is 6.75. The highest BCUT2D eigenvalue weighted by atomic mass is 16.5. The summed E-state index contributed by atoms with van der Waals surface area (Å²) in [5.41, 5.74) is 6.58. The van der Waals surface area contributed by atoms with Crippen LogP contribution in [0.4, 0.5) is 0 Å². The second-order valence-electron chi connectivity index (χ2n) is 4.97. The van der Waals surface area contributed by atoms with Crippen LogP contribution in [0, 0.1) is 0 Å². The Morgan fingerprint density at radius 3 is 2.81 bits per heavy atom. The Bertz CT molecular complexity index is 491. The number of ether oxygens (including phenoxy) is 1. The van der Waals surface area contributed by atoms with Gasteiger partial charge in [0.2, 0.25) is 5.91 Å². The van der Waals surface area contributed by atoms with Crippen molar-refractivity contribution >= 4 is 12.2 Å². The van der Waals surface area contributed by atoms with E-state index >= 15 is 0 Å². The van der Waals surface area contributed by atoms with Crippen LogP contribution in [-0.4, -0.2) is 49.0 Å². The Kier molecular flexibility index (Phi) is 6.84. The number of hydrogen-bond acceptors (Lipinski definition) is 5. The van der Waals surface area contributed by atoms with E-state index in [1.165, 1.54) is 12.1 Å². The van der Waals surface area contributed by atoms with Gasteiger partial charge in [0.05, 0.1) is 6.04 Å². The van der Waals surface area contributed by atoms with Gasteiger partial charge < -0.3 is 15.6 Å². The molecule has 0 aliphatic rings. The van der Waals surface area contributed by atoms with Gasteiger partial charge in [-0.3, -0.25) is 14.5 Å². The molecule has 0 aromatic heterocycles. The summed E-state index contributed by atoms with van der Waals surface area (Å²) in [5.74, 6) is -0.333. The molecule has 0 saturated heterocycles. The van der Waals surface area contributed by atoms with Crippen LogP contribution in [0.5, 0.6) is 5.75 Å². The predicted molar refractivity (Wildman–Crippen MR) is 79.1 cm³/mol. The number of aldehydes is 1. The van der Waals surface area contributed by atoms with Crippen molar-refractivity contribution in [3.63, 3.8) is 0 Å². The number of benzene rings is 1. The van der Waals surface area contributed by atoms with Gasteiger partial charge in [-0.1, -0.05) is 0 Å². The maximum absolute atomic E-state index is 11.6. The third-order valence-electron chi connectivity index (χ3n) is 3.36. The normalized spacial score (nSPS) is 12.3. The van der Waals surface area contributed by atoms with Crippen molar-refractivity contribution in [1.82, 2.24) is 4.90 Å². The second-order valence-corrected chi connectivity index (χ2v) is 4.97. The number of methoxy groups -OCH3 is 1. The van der Waals surface area contributed by atoms with Crippen LogP contribution >= 0.6 is 0 Å². The van der Waals surface area contributed by atoms with Crippen molar-refractivity contribution in [2.45, 2.75) is 25.4 Å². The van der Waals surface area contributed by atoms with Crippen molar-refractivity contribution in [2.24, 2.45) is 5.73 Å². The molecule has 0 spiro atoms. The molecule has 0 heterocycles. The fraction of sp³-hybridized carbons (Fsp3) is 0.467. The fourth-order valence-electron chi connectivity index (χ4n) is 2.22. The third kappa shape index (κ3) is 5.17. The van der Waals surface area contributed by atoms with Gasteiger partial charge in [-0.05, 0) is 43.7 Å². The number of carbonyl (C=O) groups excluding carboxylic acids is 2. The summed E-state index contributed by atoms with van der Waals surface area (Å²) in [6, 6.07) is 4.09. The lowest BCUT2D eigenvalue weighted by Crippen LogP contribution is -2.42. The van der Waals surface area contributed by atoms with Crippen LogP contribution in [0.15, 0.2) is 18.2 Å². The molecule has 1 rings (SSSR count). The van der Waals surface area contributed by atoms with E-state index in [-0.39, 0.29) is 5.75 Å². The Balaban J connectivity index is 2.81. The maximum atomic E-state index is 11.6. The third-order valence-corrected chi connectivity index (χ3v) is 3.36. The fourth-order valence-corrected chi connectivity index (χ4v) is 2.22. The summed E-state index contributed by atoms with van der Waals surface area (Å²) in [5, 5.41) is 9.52. The minimum Gasteiger partial charge on any atom is -0.508 e. The lowest BCUT2D eigenvalue weighted by Gasteiger charge is -2.26. The van der Waals surface area contributed by atoms with E-state index in [0.29, 0.717) is 30.7 Å². The SMILES string of the molecule is COCCCC(C(N)=O)N(C)Cc1cc(O)ccc1C=O. The summed E-state index contributed by atoms with van der Waals surface area (Å²) in [6.07, 6.45) is 2.02. The molecule has 1 unspecified atom stereocenters. The summed E-state index contributed by atoms with van der Waals surface area (Å²) < 4.78 is 4.97. The molecule has 6 heteroatoms. The molecule has 6 nitrogen and oxygen atoms in total. The highest BCUT2D eigenvalue weighted by Crippen LogP contribution is 2.18. The van der Waals surface area contributed by atoms with E-state index in [1.807, 2.05) is 0 Å². The number of rotatable bonds is 9. The van der Waals surface area contributed by atoms with E-state index in [2.05, 4.69) is 0 Å². The van der Waals surface area contributed by atoms with Gasteiger partial charge in [0.15, 0.2) is 0 Å². The van der Waals surface area contributed by atoms with Gasteiger partial charge >= 0.3 is 0 Å². The van der Waals surface area contributed by atoms with Gasteiger partial charge in [-0.15, -0.1) is 0 Å². The van der Waals surface area contributed by atoms with E-state index < -0.39 is 11.9 Å². The number of carbonyl (C=O) groups is 2. The van der Waals surface area contributed by atoms with E-state index in [4.69, 9.17) is 10.5 Å². The molecule has 1 atom stereocenters. The van der Waals surface area contributed by atoms with Crippen LogP contribution in [-0.2, 0) is 16.1 Å². The van der Waals surface area contributed by atoms with Gasteiger partial charge in [0.25, 0.3) is 0 Å². The highest BCUT2D eigenvalue weighted by molar-refractivity contribution is 5.80. The van der Waals surface area contributed by atoms with Crippen molar-refractivity contribution in [3.8, 4) is 5.75 Å². The molecule has 21 heavy (non-hydrogen) atoms. The lowest BCUT2D eigenvalue weighted by atomic mass is 10.0. The van der Waals surface area contributed by atoms with E-state index in [1.54, 1.807) is 25.1 Å². The van der Waals surface area contributed by atoms with Crippen LogP contribution in [0.2, 0.25) is 0 Å². The summed E-state index contributed by atoms with van der Waals surface area (Å²) >= 11 is 0. The highest BCUT2D eigenvalue weighted by Gasteiger charge is 2.21. The molecular formula is C15H22N2O4. The largest absolute Gasteiger partial charge is 0.508 e. The number of nitrogens with zero attached hydrogens (tertiary/aromatic N) is 1. The first-order chi connectivity index (χ1) is 9.99. The number of nitrogens with two attached hydrogens (primary N) is 1. The van der Waals surface area contributed by atoms with Crippen molar-refractivity contribution < 1.29 is 19.4 Å². The maximum Gasteiger partial charge on any atom is 0.234 e. The van der Waals surface area contributed by atoms with Gasteiger partial charge in [0, 0.05) is 25.8 Å². The van der Waals surface area contributed by atoms with Gasteiger partial charge in [-0.25, -0.2) is 0 Å². The average molecular weight is 294 g/mol. The molecule has 0 saturated carbocycles. The minimum atomic E-state index is -0.443. The number of amides is 1. The van der Waals surface area contributed by atoms with Crippen LogP contribution in [0.3, 0.4) is 0 Å². The molecule has 0 aliphatic carbocycles. The van der Waals surface area contributed by atoms with Crippen molar-refractivity contribution in [2.75, 3.05) is 20.8 Å². The molecule has 116 valence electrons. The Labute approximate surface area is 124 Å². The number of phenolic OH excluding ortho intramolecular Hbond substituents is 1. The molecule has 0 bridgehead atoms. The smallest absolute Gasteiger partial charge is 0.234 e. The molecule has 0 aliphatic heterocycles. The molecule has 1 aromatic rings. The zero-order valence-corrected chi connectivity index (χ0v) is 12.4. The number of primary amides is 1. The zero-order chi connectivity index (χ0) is 15.8. The Hall–Kier alpha value is -1.92. The van der Waals surface area contributed by atoms with Crippen LogP contribution < -0.4 is 5.73 Å². The number of aromatic hydroxyl groups is 1. The second kappa shape index (κ2) is 8.39. The van der Waals surface area contributed by atoms with E-state index in [9.17, 15) is 14.7 Å². The van der Waals surface area contributed by atoms with E-state index in [0.717, 1.165) is 12.7 Å². The summed E-state index contributed by atoms with van der Waals surface area (Å²) in [4.78, 5) is 24.4. The first kappa shape index (κ1) is 17.1. The molecule has 1 aromatic carbocycles.